The molecule has 0 amide bonds. The highest BCUT2D eigenvalue weighted by Gasteiger charge is 2.29. The van der Waals surface area contributed by atoms with Crippen molar-refractivity contribution in [2.45, 2.75) is 25.3 Å². The first kappa shape index (κ1) is 18.5. The Kier molecular flexibility index (Phi) is 4.63. The van der Waals surface area contributed by atoms with Crippen molar-refractivity contribution in [1.82, 2.24) is 10.1 Å². The second-order valence-electron chi connectivity index (χ2n) is 6.88. The first-order valence-electron chi connectivity index (χ1n) is 9.04. The van der Waals surface area contributed by atoms with E-state index in [-0.39, 0.29) is 29.4 Å². The maximum Gasteiger partial charge on any atom is 0.354 e. The Morgan fingerprint density at radius 3 is 2.83 bits per heavy atom. The molecule has 1 aromatic heterocycles. The number of aromatic nitrogens is 2. The van der Waals surface area contributed by atoms with E-state index in [9.17, 15) is 9.90 Å². The van der Waals surface area contributed by atoms with E-state index in [4.69, 9.17) is 20.8 Å². The fourth-order valence-electron chi connectivity index (χ4n) is 2.95. The molecule has 2 aromatic carbocycles. The molecule has 1 aliphatic rings. The van der Waals surface area contributed by atoms with Crippen LogP contribution in [0.4, 0.5) is 11.4 Å². The molecular weight excluding hydrogens is 374 g/mol. The van der Waals surface area contributed by atoms with Gasteiger partial charge in [-0.2, -0.15) is 4.98 Å². The highest BCUT2D eigenvalue weighted by Crippen LogP contribution is 2.40. The molecule has 0 saturated heterocycles. The van der Waals surface area contributed by atoms with Crippen LogP contribution in [0, 0.1) is 5.41 Å². The number of phenolic OH excluding ortho intramolecular Hbond substituents is 1. The highest BCUT2D eigenvalue weighted by molar-refractivity contribution is 6.42. The Bertz CT molecular complexity index is 1100. The number of rotatable bonds is 7. The van der Waals surface area contributed by atoms with Gasteiger partial charge in [-0.3, -0.25) is 5.41 Å². The summed E-state index contributed by atoms with van der Waals surface area (Å²) < 4.78 is 5.29. The molecule has 9 heteroatoms. The quantitative estimate of drug-likeness (QED) is 0.303. The van der Waals surface area contributed by atoms with Crippen LogP contribution in [0.5, 0.6) is 5.75 Å². The minimum atomic E-state index is -1.36. The predicted octanol–water partition coefficient (Wildman–Crippen LogP) is 2.97. The van der Waals surface area contributed by atoms with Crippen molar-refractivity contribution >= 4 is 23.1 Å². The zero-order valence-electron chi connectivity index (χ0n) is 15.3. The van der Waals surface area contributed by atoms with E-state index >= 15 is 0 Å². The number of aliphatic carboxylic acids is 1. The Morgan fingerprint density at radius 2 is 2.10 bits per heavy atom. The molecular formula is C20H19N5O4. The number of anilines is 2. The number of carbonyl (C=O) groups is 1. The van der Waals surface area contributed by atoms with Gasteiger partial charge in [-0.05, 0) is 37.1 Å². The molecule has 1 heterocycles. The van der Waals surface area contributed by atoms with E-state index in [0.29, 0.717) is 28.6 Å². The largest absolute Gasteiger partial charge is 0.507 e. The van der Waals surface area contributed by atoms with Gasteiger partial charge in [0.05, 0.1) is 5.56 Å². The fourth-order valence-corrected chi connectivity index (χ4v) is 2.95. The molecule has 0 aliphatic heterocycles. The summed E-state index contributed by atoms with van der Waals surface area (Å²) in [5.74, 6) is -0.0397. The summed E-state index contributed by atoms with van der Waals surface area (Å²) in [5.41, 5.74) is 7.14. The van der Waals surface area contributed by atoms with E-state index < -0.39 is 11.7 Å². The molecule has 0 bridgehead atoms. The molecule has 3 aromatic rings. The summed E-state index contributed by atoms with van der Waals surface area (Å²) in [7, 11) is 0. The predicted molar refractivity (Wildman–Crippen MR) is 106 cm³/mol. The lowest BCUT2D eigenvalue weighted by Gasteiger charge is -2.12. The van der Waals surface area contributed by atoms with Crippen LogP contribution in [0.2, 0.25) is 0 Å². The normalized spacial score (nSPS) is 13.2. The van der Waals surface area contributed by atoms with Crippen LogP contribution in [0.3, 0.4) is 0 Å². The molecule has 29 heavy (non-hydrogen) atoms. The van der Waals surface area contributed by atoms with Crippen LogP contribution >= 0.6 is 0 Å². The number of nitrogens with zero attached hydrogens (tertiary/aromatic N) is 2. The number of phenols is 1. The molecule has 9 nitrogen and oxygen atoms in total. The number of hydrogen-bond acceptors (Lipinski definition) is 8. The minimum absolute atomic E-state index is 0.0277. The van der Waals surface area contributed by atoms with Gasteiger partial charge < -0.3 is 25.8 Å². The number of nitrogens with two attached hydrogens (primary N) is 1. The Balaban J connectivity index is 1.54. The molecule has 148 valence electrons. The smallest absolute Gasteiger partial charge is 0.354 e. The third-order valence-corrected chi connectivity index (χ3v) is 4.75. The summed E-state index contributed by atoms with van der Waals surface area (Å²) in [6.07, 6.45) is 2.11. The van der Waals surface area contributed by atoms with Crippen molar-refractivity contribution in [3.8, 4) is 17.2 Å². The van der Waals surface area contributed by atoms with Crippen LogP contribution in [0.1, 0.15) is 35.7 Å². The summed E-state index contributed by atoms with van der Waals surface area (Å²) >= 11 is 0. The van der Waals surface area contributed by atoms with Crippen LogP contribution in [-0.2, 0) is 11.3 Å². The third kappa shape index (κ3) is 3.75. The molecule has 0 unspecified atom stereocenters. The summed E-state index contributed by atoms with van der Waals surface area (Å²) in [6, 6.07) is 9.94. The lowest BCUT2D eigenvalue weighted by atomic mass is 10.1. The summed E-state index contributed by atoms with van der Waals surface area (Å²) in [6.45, 7) is 0.257. The average Bonchev–Trinajstić information content (AvgIpc) is 3.45. The fraction of sp³-hybridized carbons (Fsp3) is 0.200. The molecule has 0 radical (unpaired) electrons. The maximum absolute atomic E-state index is 11.1. The number of carboxylic acids is 1. The SMILES string of the molecule is N=C(C(=O)O)c1cc(NCc2cccc(-c3nc(C4CC4)no3)c2O)ccc1N. The topological polar surface area (TPSA) is 158 Å². The van der Waals surface area contributed by atoms with Gasteiger partial charge in [-0.15, -0.1) is 0 Å². The van der Waals surface area contributed by atoms with Crippen molar-refractivity contribution in [3.63, 3.8) is 0 Å². The molecule has 4 rings (SSSR count). The minimum Gasteiger partial charge on any atom is -0.507 e. The second kappa shape index (κ2) is 7.27. The summed E-state index contributed by atoms with van der Waals surface area (Å²) in [5, 5.41) is 34.4. The number of hydrogen-bond donors (Lipinski definition) is 5. The Hall–Kier alpha value is -3.88. The number of carboxylic acid groups (broad SMARTS) is 1. The zero-order valence-corrected chi connectivity index (χ0v) is 15.3. The van der Waals surface area contributed by atoms with Crippen molar-refractivity contribution in [3.05, 3.63) is 53.3 Å². The molecule has 1 aliphatic carbocycles. The number of nitrogens with one attached hydrogen (secondary N) is 2. The first-order chi connectivity index (χ1) is 13.9. The second-order valence-corrected chi connectivity index (χ2v) is 6.88. The molecule has 0 atom stereocenters. The number of benzene rings is 2. The number of nitrogen functional groups attached to an aromatic ring is 1. The van der Waals surface area contributed by atoms with E-state index in [2.05, 4.69) is 15.5 Å². The van der Waals surface area contributed by atoms with Crippen molar-refractivity contribution in [2.24, 2.45) is 0 Å². The van der Waals surface area contributed by atoms with Gasteiger partial charge in [-0.1, -0.05) is 17.3 Å². The number of para-hydroxylation sites is 1. The van der Waals surface area contributed by atoms with E-state index in [1.807, 2.05) is 0 Å². The van der Waals surface area contributed by atoms with Crippen LogP contribution < -0.4 is 11.1 Å². The standard InChI is InChI=1S/C20H19N5O4/c21-15-7-6-12(8-14(15)16(22)20(27)28)23-9-11-2-1-3-13(17(11)26)19-24-18(25-29-19)10-4-5-10/h1-3,6-8,10,22-23,26H,4-5,9,21H2,(H,27,28). The maximum atomic E-state index is 11.1. The molecule has 1 saturated carbocycles. The van der Waals surface area contributed by atoms with Gasteiger partial charge >= 0.3 is 5.97 Å². The monoisotopic (exact) mass is 393 g/mol. The first-order valence-corrected chi connectivity index (χ1v) is 9.04. The Labute approximate surface area is 165 Å². The van der Waals surface area contributed by atoms with Gasteiger partial charge in [0.1, 0.15) is 11.5 Å². The van der Waals surface area contributed by atoms with Crippen LogP contribution in [0.15, 0.2) is 40.9 Å². The Morgan fingerprint density at radius 1 is 1.31 bits per heavy atom. The lowest BCUT2D eigenvalue weighted by Crippen LogP contribution is -2.15. The summed E-state index contributed by atoms with van der Waals surface area (Å²) in [4.78, 5) is 15.4. The van der Waals surface area contributed by atoms with Crippen molar-refractivity contribution in [1.29, 1.82) is 5.41 Å². The van der Waals surface area contributed by atoms with Crippen LogP contribution in [-0.4, -0.2) is 32.0 Å². The molecule has 1 fully saturated rings. The average molecular weight is 393 g/mol. The third-order valence-electron chi connectivity index (χ3n) is 4.75. The van der Waals surface area contributed by atoms with E-state index in [1.165, 1.54) is 12.1 Å². The van der Waals surface area contributed by atoms with Crippen molar-refractivity contribution in [2.75, 3.05) is 11.1 Å². The van der Waals surface area contributed by atoms with Gasteiger partial charge in [0, 0.05) is 35.0 Å². The zero-order chi connectivity index (χ0) is 20.5. The van der Waals surface area contributed by atoms with Crippen molar-refractivity contribution < 1.29 is 19.5 Å². The van der Waals surface area contributed by atoms with Crippen LogP contribution in [0.25, 0.3) is 11.5 Å². The molecule has 6 N–H and O–H groups in total. The lowest BCUT2D eigenvalue weighted by molar-refractivity contribution is -0.129. The van der Waals surface area contributed by atoms with E-state index in [1.54, 1.807) is 24.3 Å². The van der Waals surface area contributed by atoms with Gasteiger partial charge in [0.15, 0.2) is 5.82 Å². The highest BCUT2D eigenvalue weighted by atomic mass is 16.5. The van der Waals surface area contributed by atoms with Gasteiger partial charge in [0.25, 0.3) is 5.89 Å². The van der Waals surface area contributed by atoms with Gasteiger partial charge in [-0.25, -0.2) is 4.79 Å². The number of aromatic hydroxyl groups is 1. The molecule has 0 spiro atoms. The van der Waals surface area contributed by atoms with E-state index in [0.717, 1.165) is 12.8 Å². The van der Waals surface area contributed by atoms with Gasteiger partial charge in [0.2, 0.25) is 0 Å².